The van der Waals surface area contributed by atoms with E-state index in [1.165, 1.54) is 16.8 Å². The van der Waals surface area contributed by atoms with Crippen LogP contribution < -0.4 is 11.2 Å². The van der Waals surface area contributed by atoms with Crippen LogP contribution in [0.25, 0.3) is 0 Å². The molecule has 28 heavy (non-hydrogen) atoms. The molecule has 0 saturated carbocycles. The average Bonchev–Trinajstić information content (AvgIpc) is 2.53. The van der Waals surface area contributed by atoms with Crippen molar-refractivity contribution in [1.29, 1.82) is 0 Å². The highest BCUT2D eigenvalue weighted by Crippen LogP contribution is 2.37. The zero-order valence-electron chi connectivity index (χ0n) is 17.8. The molecule has 0 spiro atoms. The van der Waals surface area contributed by atoms with Crippen LogP contribution in [0, 0.1) is 0 Å². The highest BCUT2D eigenvalue weighted by Gasteiger charge is 2.42. The van der Waals surface area contributed by atoms with Crippen LogP contribution in [0.5, 0.6) is 0 Å². The number of nitrogens with one attached hydrogen (secondary N) is 1. The zero-order chi connectivity index (χ0) is 21.3. The quantitative estimate of drug-likeness (QED) is 0.719. The maximum absolute atomic E-state index is 12.7. The number of ketones is 1. The Labute approximate surface area is 166 Å². The summed E-state index contributed by atoms with van der Waals surface area (Å²) >= 11 is 0. The fourth-order valence-corrected chi connectivity index (χ4v) is 3.71. The molecule has 2 rings (SSSR count). The lowest BCUT2D eigenvalue weighted by Crippen LogP contribution is -2.51. The molecule has 1 N–H and O–H groups in total. The van der Waals surface area contributed by atoms with Gasteiger partial charge in [0.05, 0.1) is 18.8 Å². The molecule has 1 aromatic heterocycles. The molecule has 0 bridgehead atoms. The predicted octanol–water partition coefficient (Wildman–Crippen LogP) is 2.21. The Balaban J connectivity index is 2.22. The Morgan fingerprint density at radius 3 is 2.46 bits per heavy atom. The first-order valence-electron chi connectivity index (χ1n) is 9.61. The minimum atomic E-state index is -2.04. The molecule has 0 radical (unpaired) electrons. The number of aromatic nitrogens is 2. The standard InChI is InChI=1S/C19H32N2O6Si/c1-12(2)26-17-13(21-9-8-16(23)20-18(21)24)10-14(22)15(27-17)11-25-28(6,7)19(3,4)5/h8-9,12-13,15,17H,10-11H2,1-7H3,(H,20,23,24)/t13-,15+,17-/m0/s1. The molecule has 158 valence electrons. The number of rotatable bonds is 6. The number of ether oxygens (including phenoxy) is 2. The largest absolute Gasteiger partial charge is 0.414 e. The van der Waals surface area contributed by atoms with Crippen molar-refractivity contribution in [2.45, 2.75) is 83.7 Å². The van der Waals surface area contributed by atoms with Gasteiger partial charge >= 0.3 is 5.69 Å². The molecule has 1 aliphatic rings. The van der Waals surface area contributed by atoms with E-state index in [0.29, 0.717) is 0 Å². The third-order valence-electron chi connectivity index (χ3n) is 5.40. The minimum Gasteiger partial charge on any atom is -0.414 e. The maximum Gasteiger partial charge on any atom is 0.328 e. The fourth-order valence-electron chi connectivity index (χ4n) is 2.70. The van der Waals surface area contributed by atoms with Gasteiger partial charge in [-0.2, -0.15) is 0 Å². The van der Waals surface area contributed by atoms with Crippen LogP contribution in [-0.2, 0) is 18.7 Å². The van der Waals surface area contributed by atoms with E-state index in [0.717, 1.165) is 0 Å². The first-order valence-corrected chi connectivity index (χ1v) is 12.5. The van der Waals surface area contributed by atoms with Crippen molar-refractivity contribution in [2.75, 3.05) is 6.61 Å². The van der Waals surface area contributed by atoms with Crippen molar-refractivity contribution < 1.29 is 18.7 Å². The number of hydrogen-bond acceptors (Lipinski definition) is 6. The smallest absolute Gasteiger partial charge is 0.328 e. The van der Waals surface area contributed by atoms with Gasteiger partial charge in [0, 0.05) is 18.7 Å². The van der Waals surface area contributed by atoms with Crippen LogP contribution in [0.15, 0.2) is 21.9 Å². The summed E-state index contributed by atoms with van der Waals surface area (Å²) in [6.07, 6.45) is -0.274. The first kappa shape index (κ1) is 22.7. The Morgan fingerprint density at radius 1 is 1.29 bits per heavy atom. The fraction of sp³-hybridized carbons (Fsp3) is 0.737. The molecule has 1 saturated heterocycles. The van der Waals surface area contributed by atoms with Crippen LogP contribution in [-0.4, -0.2) is 48.8 Å². The van der Waals surface area contributed by atoms with Crippen LogP contribution in [0.3, 0.4) is 0 Å². The van der Waals surface area contributed by atoms with E-state index in [1.54, 1.807) is 0 Å². The van der Waals surface area contributed by atoms with Crippen LogP contribution >= 0.6 is 0 Å². The van der Waals surface area contributed by atoms with Crippen LogP contribution in [0.2, 0.25) is 18.1 Å². The minimum absolute atomic E-state index is 0.0182. The summed E-state index contributed by atoms with van der Waals surface area (Å²) < 4.78 is 19.2. The topological polar surface area (TPSA) is 99.6 Å². The van der Waals surface area contributed by atoms with Gasteiger partial charge in [-0.25, -0.2) is 4.79 Å². The number of carbonyl (C=O) groups is 1. The maximum atomic E-state index is 12.7. The normalized spacial score (nSPS) is 24.0. The number of H-pyrrole nitrogens is 1. The van der Waals surface area contributed by atoms with Crippen molar-refractivity contribution in [1.82, 2.24) is 9.55 Å². The van der Waals surface area contributed by atoms with Gasteiger partial charge in [0.15, 0.2) is 20.4 Å². The van der Waals surface area contributed by atoms with Crippen LogP contribution in [0.1, 0.15) is 47.1 Å². The molecule has 0 unspecified atom stereocenters. The molecule has 0 amide bonds. The third kappa shape index (κ3) is 5.28. The Bertz CT molecular complexity index is 808. The lowest BCUT2D eigenvalue weighted by molar-refractivity contribution is -0.229. The van der Waals surface area contributed by atoms with E-state index in [1.807, 2.05) is 13.8 Å². The number of Topliss-reactive ketones (excluding diaryl/α,β-unsaturated/α-hetero) is 1. The molecule has 3 atom stereocenters. The van der Waals surface area contributed by atoms with Gasteiger partial charge in [0.1, 0.15) is 6.10 Å². The first-order chi connectivity index (χ1) is 12.8. The summed E-state index contributed by atoms with van der Waals surface area (Å²) in [5.41, 5.74) is -1.09. The summed E-state index contributed by atoms with van der Waals surface area (Å²) in [6, 6.07) is 0.591. The summed E-state index contributed by atoms with van der Waals surface area (Å²) in [6.45, 7) is 14.5. The number of hydrogen-bond donors (Lipinski definition) is 1. The van der Waals surface area contributed by atoms with Crippen molar-refractivity contribution in [3.05, 3.63) is 33.1 Å². The molecule has 9 heteroatoms. The van der Waals surface area contributed by atoms with Crippen molar-refractivity contribution in [2.24, 2.45) is 0 Å². The summed E-state index contributed by atoms with van der Waals surface area (Å²) in [4.78, 5) is 38.5. The SMILES string of the molecule is CC(C)O[C@H]1O[C@H](CO[Si](C)(C)C(C)(C)C)C(=O)C[C@@H]1n1ccc(=O)[nH]c1=O. The van der Waals surface area contributed by atoms with E-state index < -0.39 is 38.0 Å². The number of aromatic amines is 1. The second-order valence-electron chi connectivity index (χ2n) is 9.00. The van der Waals surface area contributed by atoms with E-state index in [9.17, 15) is 14.4 Å². The van der Waals surface area contributed by atoms with E-state index in [4.69, 9.17) is 13.9 Å². The van der Waals surface area contributed by atoms with Gasteiger partial charge in [0.25, 0.3) is 5.56 Å². The van der Waals surface area contributed by atoms with E-state index in [-0.39, 0.29) is 30.0 Å². The van der Waals surface area contributed by atoms with Gasteiger partial charge in [-0.15, -0.1) is 0 Å². The lowest BCUT2D eigenvalue weighted by Gasteiger charge is -2.40. The molecule has 0 aromatic carbocycles. The van der Waals surface area contributed by atoms with E-state index >= 15 is 0 Å². The number of nitrogens with zero attached hydrogens (tertiary/aromatic N) is 1. The molecule has 1 fully saturated rings. The van der Waals surface area contributed by atoms with Crippen molar-refractivity contribution >= 4 is 14.1 Å². The van der Waals surface area contributed by atoms with Gasteiger partial charge in [-0.3, -0.25) is 19.1 Å². The second kappa shape index (κ2) is 8.44. The third-order valence-corrected chi connectivity index (χ3v) is 9.90. The summed E-state index contributed by atoms with van der Waals surface area (Å²) in [5, 5.41) is 0.0182. The monoisotopic (exact) mass is 412 g/mol. The van der Waals surface area contributed by atoms with Gasteiger partial charge < -0.3 is 13.9 Å². The van der Waals surface area contributed by atoms with Gasteiger partial charge in [0.2, 0.25) is 0 Å². The Kier molecular flexibility index (Phi) is 6.85. The second-order valence-corrected chi connectivity index (χ2v) is 13.8. The lowest BCUT2D eigenvalue weighted by atomic mass is 10.0. The van der Waals surface area contributed by atoms with Crippen molar-refractivity contribution in [3.8, 4) is 0 Å². The van der Waals surface area contributed by atoms with Crippen LogP contribution in [0.4, 0.5) is 0 Å². The highest BCUT2D eigenvalue weighted by molar-refractivity contribution is 6.74. The summed E-state index contributed by atoms with van der Waals surface area (Å²) in [5.74, 6) is -0.148. The van der Waals surface area contributed by atoms with Gasteiger partial charge in [-0.05, 0) is 32.0 Å². The van der Waals surface area contributed by atoms with Crippen molar-refractivity contribution in [3.63, 3.8) is 0 Å². The predicted molar refractivity (Wildman–Crippen MR) is 108 cm³/mol. The molecule has 8 nitrogen and oxygen atoms in total. The molecular formula is C19H32N2O6Si. The molecular weight excluding hydrogens is 380 g/mol. The summed E-state index contributed by atoms with van der Waals surface area (Å²) in [7, 11) is -2.04. The molecule has 0 aliphatic carbocycles. The number of carbonyl (C=O) groups excluding carboxylic acids is 1. The highest BCUT2D eigenvalue weighted by atomic mass is 28.4. The molecule has 2 heterocycles. The molecule has 1 aliphatic heterocycles. The Morgan fingerprint density at radius 2 is 1.93 bits per heavy atom. The zero-order valence-corrected chi connectivity index (χ0v) is 18.8. The Hall–Kier alpha value is -1.55. The van der Waals surface area contributed by atoms with Gasteiger partial charge in [-0.1, -0.05) is 20.8 Å². The molecule has 1 aromatic rings. The van der Waals surface area contributed by atoms with E-state index in [2.05, 4.69) is 38.8 Å². The average molecular weight is 413 g/mol.